The van der Waals surface area contributed by atoms with Crippen LogP contribution in [0.25, 0.3) is 5.69 Å². The molecular formula is C19H23FN6S. The molecule has 1 aromatic carbocycles. The van der Waals surface area contributed by atoms with Gasteiger partial charge in [0.15, 0.2) is 5.96 Å². The second kappa shape index (κ2) is 9.27. The molecule has 27 heavy (non-hydrogen) atoms. The Balaban J connectivity index is 1.59. The molecule has 0 radical (unpaired) electrons. The van der Waals surface area contributed by atoms with Crippen molar-refractivity contribution in [2.75, 3.05) is 13.1 Å². The molecule has 0 spiro atoms. The van der Waals surface area contributed by atoms with Crippen LogP contribution in [0.3, 0.4) is 0 Å². The van der Waals surface area contributed by atoms with E-state index in [0.717, 1.165) is 35.8 Å². The van der Waals surface area contributed by atoms with E-state index in [4.69, 9.17) is 0 Å². The lowest BCUT2D eigenvalue weighted by Gasteiger charge is -2.11. The van der Waals surface area contributed by atoms with Gasteiger partial charge in [-0.05, 0) is 31.5 Å². The van der Waals surface area contributed by atoms with Crippen molar-refractivity contribution in [2.24, 2.45) is 4.99 Å². The molecule has 0 aliphatic heterocycles. The first-order valence-electron chi connectivity index (χ1n) is 8.85. The van der Waals surface area contributed by atoms with Crippen molar-refractivity contribution in [2.45, 2.75) is 26.8 Å². The van der Waals surface area contributed by atoms with Gasteiger partial charge in [-0.15, -0.1) is 11.3 Å². The highest BCUT2D eigenvalue weighted by molar-refractivity contribution is 7.09. The second-order valence-corrected chi connectivity index (χ2v) is 7.05. The molecule has 0 saturated carbocycles. The smallest absolute Gasteiger partial charge is 0.191 e. The third-order valence-electron chi connectivity index (χ3n) is 3.90. The van der Waals surface area contributed by atoms with E-state index in [-0.39, 0.29) is 5.82 Å². The van der Waals surface area contributed by atoms with E-state index in [2.05, 4.69) is 31.0 Å². The summed E-state index contributed by atoms with van der Waals surface area (Å²) >= 11 is 1.66. The number of hydrogen-bond donors (Lipinski definition) is 2. The summed E-state index contributed by atoms with van der Waals surface area (Å²) in [4.78, 5) is 12.9. The van der Waals surface area contributed by atoms with Crippen LogP contribution in [0.1, 0.15) is 23.2 Å². The predicted octanol–water partition coefficient (Wildman–Crippen LogP) is 3.07. The topological polar surface area (TPSA) is 67.1 Å². The summed E-state index contributed by atoms with van der Waals surface area (Å²) < 4.78 is 16.0. The minimum atomic E-state index is -0.294. The number of aliphatic imine (C=N–C) groups is 1. The molecular weight excluding hydrogens is 363 g/mol. The maximum absolute atomic E-state index is 14.3. The standard InChI is InChI=1S/C19H23FN6S/c1-3-22-19(23-7-6-16-12-27-14(2)25-16)24-11-15-4-5-18(17(20)10-15)26-9-8-21-13-26/h4-5,8-10,12-13H,3,6-7,11H2,1-2H3,(H2,22,23,24). The van der Waals surface area contributed by atoms with Crippen molar-refractivity contribution in [1.29, 1.82) is 0 Å². The fourth-order valence-electron chi connectivity index (χ4n) is 2.60. The van der Waals surface area contributed by atoms with Crippen molar-refractivity contribution in [3.63, 3.8) is 0 Å². The highest BCUT2D eigenvalue weighted by atomic mass is 32.1. The van der Waals surface area contributed by atoms with E-state index in [9.17, 15) is 4.39 Å². The molecule has 0 atom stereocenters. The van der Waals surface area contributed by atoms with E-state index in [1.54, 1.807) is 40.7 Å². The van der Waals surface area contributed by atoms with Gasteiger partial charge in [0.1, 0.15) is 5.82 Å². The van der Waals surface area contributed by atoms with Crippen LogP contribution < -0.4 is 10.6 Å². The Morgan fingerprint density at radius 1 is 1.33 bits per heavy atom. The van der Waals surface area contributed by atoms with Crippen molar-refractivity contribution in [3.8, 4) is 5.69 Å². The van der Waals surface area contributed by atoms with Gasteiger partial charge in [0.2, 0.25) is 0 Å². The molecule has 0 bridgehead atoms. The fraction of sp³-hybridized carbons (Fsp3) is 0.316. The normalized spacial score (nSPS) is 11.6. The highest BCUT2D eigenvalue weighted by Crippen LogP contribution is 2.15. The molecule has 0 fully saturated rings. The van der Waals surface area contributed by atoms with Gasteiger partial charge in [-0.1, -0.05) is 6.07 Å². The molecule has 2 N–H and O–H groups in total. The molecule has 3 rings (SSSR count). The van der Waals surface area contributed by atoms with E-state index in [1.165, 1.54) is 6.07 Å². The highest BCUT2D eigenvalue weighted by Gasteiger charge is 2.06. The quantitative estimate of drug-likeness (QED) is 0.484. The zero-order valence-electron chi connectivity index (χ0n) is 15.4. The molecule has 6 nitrogen and oxygen atoms in total. The third-order valence-corrected chi connectivity index (χ3v) is 4.72. The number of aryl methyl sites for hydroxylation is 1. The van der Waals surface area contributed by atoms with Crippen molar-refractivity contribution < 1.29 is 4.39 Å². The summed E-state index contributed by atoms with van der Waals surface area (Å²) in [5.74, 6) is 0.418. The lowest BCUT2D eigenvalue weighted by atomic mass is 10.2. The van der Waals surface area contributed by atoms with Gasteiger partial charge in [-0.2, -0.15) is 0 Å². The fourth-order valence-corrected chi connectivity index (χ4v) is 3.25. The van der Waals surface area contributed by atoms with Gasteiger partial charge in [-0.3, -0.25) is 0 Å². The number of thiazole rings is 1. The number of halogens is 1. The molecule has 3 aromatic rings. The van der Waals surface area contributed by atoms with Crippen molar-refractivity contribution in [1.82, 2.24) is 25.2 Å². The summed E-state index contributed by atoms with van der Waals surface area (Å²) in [6.07, 6.45) is 5.75. The maximum atomic E-state index is 14.3. The lowest BCUT2D eigenvalue weighted by molar-refractivity contribution is 0.615. The lowest BCUT2D eigenvalue weighted by Crippen LogP contribution is -2.38. The first-order valence-corrected chi connectivity index (χ1v) is 9.73. The van der Waals surface area contributed by atoms with Crippen molar-refractivity contribution >= 4 is 17.3 Å². The van der Waals surface area contributed by atoms with E-state index < -0.39 is 0 Å². The van der Waals surface area contributed by atoms with Crippen LogP contribution in [0.5, 0.6) is 0 Å². The molecule has 142 valence electrons. The first-order chi connectivity index (χ1) is 13.2. The first kappa shape index (κ1) is 19.0. The number of hydrogen-bond acceptors (Lipinski definition) is 4. The van der Waals surface area contributed by atoms with Crippen molar-refractivity contribution in [3.05, 3.63) is 64.4 Å². The van der Waals surface area contributed by atoms with Gasteiger partial charge in [0.05, 0.1) is 29.3 Å². The molecule has 2 aromatic heterocycles. The van der Waals surface area contributed by atoms with Gasteiger partial charge in [0, 0.05) is 37.3 Å². The Labute approximate surface area is 162 Å². The number of imidazole rings is 1. The largest absolute Gasteiger partial charge is 0.357 e. The molecule has 2 heterocycles. The van der Waals surface area contributed by atoms with Gasteiger partial charge in [-0.25, -0.2) is 19.4 Å². The van der Waals surface area contributed by atoms with Crippen LogP contribution in [0.2, 0.25) is 0 Å². The number of benzene rings is 1. The number of nitrogens with one attached hydrogen (secondary N) is 2. The Bertz CT molecular complexity index is 888. The zero-order chi connectivity index (χ0) is 19.1. The average Bonchev–Trinajstić information content (AvgIpc) is 3.32. The zero-order valence-corrected chi connectivity index (χ0v) is 16.3. The molecule has 0 saturated heterocycles. The molecule has 0 unspecified atom stereocenters. The minimum Gasteiger partial charge on any atom is -0.357 e. The van der Waals surface area contributed by atoms with Crippen LogP contribution in [0.15, 0.2) is 47.3 Å². The molecule has 0 aliphatic rings. The minimum absolute atomic E-state index is 0.294. The summed E-state index contributed by atoms with van der Waals surface area (Å²) in [6.45, 7) is 5.91. The Morgan fingerprint density at radius 2 is 2.22 bits per heavy atom. The number of rotatable bonds is 7. The van der Waals surface area contributed by atoms with Gasteiger partial charge < -0.3 is 15.2 Å². The van der Waals surface area contributed by atoms with E-state index in [1.807, 2.05) is 19.9 Å². The van der Waals surface area contributed by atoms with Gasteiger partial charge >= 0.3 is 0 Å². The monoisotopic (exact) mass is 386 g/mol. The Morgan fingerprint density at radius 3 is 2.89 bits per heavy atom. The third kappa shape index (κ3) is 5.37. The SMILES string of the molecule is CCNC(=NCc1ccc(-n2ccnc2)c(F)c1)NCCc1csc(C)n1. The van der Waals surface area contributed by atoms with E-state index in [0.29, 0.717) is 18.2 Å². The van der Waals surface area contributed by atoms with Crippen LogP contribution in [0.4, 0.5) is 4.39 Å². The predicted molar refractivity (Wildman–Crippen MR) is 107 cm³/mol. The Hall–Kier alpha value is -2.74. The number of aromatic nitrogens is 3. The molecule has 8 heteroatoms. The maximum Gasteiger partial charge on any atom is 0.191 e. The summed E-state index contributed by atoms with van der Waals surface area (Å²) in [5.41, 5.74) is 2.37. The van der Waals surface area contributed by atoms with E-state index >= 15 is 0 Å². The second-order valence-electron chi connectivity index (χ2n) is 5.99. The summed E-state index contributed by atoms with van der Waals surface area (Å²) in [7, 11) is 0. The van der Waals surface area contributed by atoms with Crippen LogP contribution >= 0.6 is 11.3 Å². The number of nitrogens with zero attached hydrogens (tertiary/aromatic N) is 4. The van der Waals surface area contributed by atoms with Crippen LogP contribution in [-0.2, 0) is 13.0 Å². The molecule has 0 amide bonds. The van der Waals surface area contributed by atoms with Crippen LogP contribution in [-0.4, -0.2) is 33.6 Å². The summed E-state index contributed by atoms with van der Waals surface area (Å²) in [5, 5.41) is 9.65. The number of guanidine groups is 1. The van der Waals surface area contributed by atoms with Crippen LogP contribution in [0, 0.1) is 12.7 Å². The Kier molecular flexibility index (Phi) is 6.54. The van der Waals surface area contributed by atoms with Gasteiger partial charge in [0.25, 0.3) is 0 Å². The average molecular weight is 387 g/mol. The molecule has 0 aliphatic carbocycles. The summed E-state index contributed by atoms with van der Waals surface area (Å²) in [6, 6.07) is 5.14.